The van der Waals surface area contributed by atoms with Gasteiger partial charge in [-0.3, -0.25) is 4.79 Å². The molecule has 0 radical (unpaired) electrons. The molecule has 1 aromatic heterocycles. The van der Waals surface area contributed by atoms with Crippen molar-refractivity contribution in [3.8, 4) is 11.3 Å². The van der Waals surface area contributed by atoms with E-state index in [2.05, 4.69) is 50.9 Å². The molecule has 7 nitrogen and oxygen atoms in total. The van der Waals surface area contributed by atoms with Crippen molar-refractivity contribution in [3.63, 3.8) is 0 Å². The minimum absolute atomic E-state index is 0.239. The molecule has 3 aromatic carbocycles. The summed E-state index contributed by atoms with van der Waals surface area (Å²) in [6.45, 7) is 3.53. The second-order valence-corrected chi connectivity index (χ2v) is 10.3. The van der Waals surface area contributed by atoms with Gasteiger partial charge in [-0.1, -0.05) is 59.8 Å². The SMILES string of the molecule is O=C(NCc1ccccc1N1CCOCC1)c1nnn(Sc2ccc3c(c2)CCC3)c1-c1ccccc1. The van der Waals surface area contributed by atoms with Gasteiger partial charge in [0.25, 0.3) is 5.91 Å². The number of morpholine rings is 1. The summed E-state index contributed by atoms with van der Waals surface area (Å²) in [5.41, 5.74) is 6.96. The Labute approximate surface area is 221 Å². The third-order valence-corrected chi connectivity index (χ3v) is 7.84. The smallest absolute Gasteiger partial charge is 0.274 e. The van der Waals surface area contributed by atoms with Crippen molar-refractivity contribution in [3.05, 3.63) is 95.2 Å². The van der Waals surface area contributed by atoms with Gasteiger partial charge in [-0.05, 0) is 54.2 Å². The summed E-state index contributed by atoms with van der Waals surface area (Å²) < 4.78 is 7.27. The molecule has 1 aliphatic heterocycles. The van der Waals surface area contributed by atoms with Crippen LogP contribution < -0.4 is 10.2 Å². The Hall–Kier alpha value is -3.62. The van der Waals surface area contributed by atoms with E-state index in [1.54, 1.807) is 4.09 Å². The van der Waals surface area contributed by atoms with Crippen LogP contribution in [-0.4, -0.2) is 46.6 Å². The number of carbonyl (C=O) groups excluding carboxylic acids is 1. The molecule has 188 valence electrons. The van der Waals surface area contributed by atoms with Crippen LogP contribution in [-0.2, 0) is 24.1 Å². The number of hydrogen-bond donors (Lipinski definition) is 1. The monoisotopic (exact) mass is 511 g/mol. The number of nitrogens with zero attached hydrogens (tertiary/aromatic N) is 4. The number of fused-ring (bicyclic) bond motifs is 1. The number of benzene rings is 3. The largest absolute Gasteiger partial charge is 0.378 e. The molecule has 1 fully saturated rings. The summed E-state index contributed by atoms with van der Waals surface area (Å²) in [6.07, 6.45) is 3.48. The van der Waals surface area contributed by atoms with E-state index in [0.29, 0.717) is 31.1 Å². The minimum atomic E-state index is -0.239. The Morgan fingerprint density at radius 3 is 2.59 bits per heavy atom. The normalized spacial score (nSPS) is 15.0. The Balaban J connectivity index is 1.26. The molecule has 2 aliphatic rings. The first-order valence-electron chi connectivity index (χ1n) is 12.8. The fourth-order valence-corrected chi connectivity index (χ4v) is 5.94. The van der Waals surface area contributed by atoms with Crippen LogP contribution in [0.5, 0.6) is 0 Å². The predicted octanol–water partition coefficient (Wildman–Crippen LogP) is 4.76. The van der Waals surface area contributed by atoms with E-state index in [9.17, 15) is 4.79 Å². The molecule has 1 amide bonds. The Bertz CT molecular complexity index is 1400. The fourth-order valence-electron chi connectivity index (χ4n) is 5.07. The molecule has 1 aliphatic carbocycles. The predicted molar refractivity (Wildman–Crippen MR) is 146 cm³/mol. The Morgan fingerprint density at radius 1 is 0.946 bits per heavy atom. The number of aromatic nitrogens is 3. The lowest BCUT2D eigenvalue weighted by molar-refractivity contribution is 0.0946. The molecular formula is C29H29N5O2S. The van der Waals surface area contributed by atoms with Crippen LogP contribution in [0.15, 0.2) is 77.7 Å². The highest BCUT2D eigenvalue weighted by atomic mass is 32.2. The second kappa shape index (κ2) is 10.8. The molecule has 1 saturated heterocycles. The minimum Gasteiger partial charge on any atom is -0.378 e. The average molecular weight is 512 g/mol. The number of rotatable bonds is 7. The molecule has 4 aromatic rings. The van der Waals surface area contributed by atoms with Gasteiger partial charge in [0.15, 0.2) is 5.69 Å². The first-order chi connectivity index (χ1) is 18.3. The third kappa shape index (κ3) is 5.12. The quantitative estimate of drug-likeness (QED) is 0.386. The summed E-state index contributed by atoms with van der Waals surface area (Å²) in [6, 6.07) is 24.7. The number of anilines is 1. The number of carbonyl (C=O) groups is 1. The first-order valence-corrected chi connectivity index (χ1v) is 13.5. The molecule has 1 N–H and O–H groups in total. The Kier molecular flexibility index (Phi) is 6.92. The van der Waals surface area contributed by atoms with Crippen LogP contribution in [0.4, 0.5) is 5.69 Å². The Morgan fingerprint density at radius 2 is 1.73 bits per heavy atom. The molecule has 6 rings (SSSR count). The molecule has 0 spiro atoms. The number of amides is 1. The maximum Gasteiger partial charge on any atom is 0.274 e. The highest BCUT2D eigenvalue weighted by Gasteiger charge is 2.23. The number of hydrogen-bond acceptors (Lipinski definition) is 6. The standard InChI is InChI=1S/C29H29N5O2S/c35-29(30-20-24-9-4-5-12-26(24)33-15-17-36-18-16-33)27-28(22-7-2-1-3-8-22)34(32-31-27)37-25-14-13-21-10-6-11-23(21)19-25/h1-5,7-9,12-14,19H,6,10-11,15-18,20H2,(H,30,35). The molecular weight excluding hydrogens is 482 g/mol. The van der Waals surface area contributed by atoms with Crippen LogP contribution in [0.25, 0.3) is 11.3 Å². The van der Waals surface area contributed by atoms with E-state index in [1.165, 1.54) is 29.5 Å². The zero-order valence-corrected chi connectivity index (χ0v) is 21.4. The summed E-state index contributed by atoms with van der Waals surface area (Å²) >= 11 is 1.49. The van der Waals surface area contributed by atoms with E-state index >= 15 is 0 Å². The number of ether oxygens (including phenoxy) is 1. The van der Waals surface area contributed by atoms with E-state index in [4.69, 9.17) is 4.74 Å². The van der Waals surface area contributed by atoms with Crippen LogP contribution in [0, 0.1) is 0 Å². The van der Waals surface area contributed by atoms with Gasteiger partial charge < -0.3 is 15.0 Å². The first kappa shape index (κ1) is 23.8. The van der Waals surface area contributed by atoms with Crippen LogP contribution in [0.2, 0.25) is 0 Å². The summed E-state index contributed by atoms with van der Waals surface area (Å²) in [4.78, 5) is 16.9. The van der Waals surface area contributed by atoms with E-state index < -0.39 is 0 Å². The molecule has 0 unspecified atom stereocenters. The average Bonchev–Trinajstić information content (AvgIpc) is 3.60. The van der Waals surface area contributed by atoms with Gasteiger partial charge in [-0.15, -0.1) is 5.10 Å². The van der Waals surface area contributed by atoms with Crippen molar-refractivity contribution in [1.29, 1.82) is 0 Å². The second-order valence-electron chi connectivity index (χ2n) is 9.31. The fraction of sp³-hybridized carbons (Fsp3) is 0.276. The van der Waals surface area contributed by atoms with Crippen molar-refractivity contribution in [2.24, 2.45) is 0 Å². The van der Waals surface area contributed by atoms with E-state index in [-0.39, 0.29) is 5.91 Å². The van der Waals surface area contributed by atoms with Crippen LogP contribution in [0.1, 0.15) is 33.6 Å². The summed E-state index contributed by atoms with van der Waals surface area (Å²) in [5, 5.41) is 11.8. The van der Waals surface area contributed by atoms with Crippen molar-refractivity contribution in [1.82, 2.24) is 19.7 Å². The third-order valence-electron chi connectivity index (χ3n) is 6.95. The molecule has 0 bridgehead atoms. The zero-order chi connectivity index (χ0) is 25.0. The van der Waals surface area contributed by atoms with Crippen molar-refractivity contribution in [2.45, 2.75) is 30.7 Å². The molecule has 0 saturated carbocycles. The number of aryl methyl sites for hydroxylation is 2. The molecule has 37 heavy (non-hydrogen) atoms. The highest BCUT2D eigenvalue weighted by Crippen LogP contribution is 2.32. The van der Waals surface area contributed by atoms with Gasteiger partial charge in [0, 0.05) is 47.7 Å². The van der Waals surface area contributed by atoms with Gasteiger partial charge in [-0.25, -0.2) is 0 Å². The van der Waals surface area contributed by atoms with E-state index in [0.717, 1.165) is 47.6 Å². The topological polar surface area (TPSA) is 72.3 Å². The van der Waals surface area contributed by atoms with Crippen molar-refractivity contribution in [2.75, 3.05) is 31.2 Å². The van der Waals surface area contributed by atoms with Gasteiger partial charge in [-0.2, -0.15) is 4.09 Å². The lowest BCUT2D eigenvalue weighted by Gasteiger charge is -2.30. The molecule has 8 heteroatoms. The molecule has 0 atom stereocenters. The number of para-hydroxylation sites is 1. The lowest BCUT2D eigenvalue weighted by atomic mass is 10.1. The van der Waals surface area contributed by atoms with Crippen LogP contribution in [0.3, 0.4) is 0 Å². The van der Waals surface area contributed by atoms with Gasteiger partial charge in [0.05, 0.1) is 13.2 Å². The summed E-state index contributed by atoms with van der Waals surface area (Å²) in [7, 11) is 0. The van der Waals surface area contributed by atoms with Crippen molar-refractivity contribution >= 4 is 23.5 Å². The lowest BCUT2D eigenvalue weighted by Crippen LogP contribution is -2.37. The van der Waals surface area contributed by atoms with Crippen molar-refractivity contribution < 1.29 is 9.53 Å². The maximum atomic E-state index is 13.4. The zero-order valence-electron chi connectivity index (χ0n) is 20.6. The van der Waals surface area contributed by atoms with Gasteiger partial charge in [0.2, 0.25) is 0 Å². The number of nitrogens with one attached hydrogen (secondary N) is 1. The van der Waals surface area contributed by atoms with Gasteiger partial charge >= 0.3 is 0 Å². The van der Waals surface area contributed by atoms with Gasteiger partial charge in [0.1, 0.15) is 5.69 Å². The summed E-state index contributed by atoms with van der Waals surface area (Å²) in [5.74, 6) is -0.239. The molecule has 2 heterocycles. The van der Waals surface area contributed by atoms with Crippen LogP contribution >= 0.6 is 11.9 Å². The maximum absolute atomic E-state index is 13.4. The van der Waals surface area contributed by atoms with E-state index in [1.807, 2.05) is 42.5 Å². The highest BCUT2D eigenvalue weighted by molar-refractivity contribution is 7.97.